The van der Waals surface area contributed by atoms with Gasteiger partial charge >= 0.3 is 59.1 Å². The molecule has 27 heavy (non-hydrogen) atoms. The maximum atomic E-state index is 11.4. The zero-order valence-electron chi connectivity index (χ0n) is 17.0. The number of unbranched alkanes of at least 4 members (excludes halogenated alkanes) is 10. The number of aliphatic carboxylic acids is 2. The smallest absolute Gasteiger partial charge is 0.550 e. The van der Waals surface area contributed by atoms with E-state index in [9.17, 15) is 28.2 Å². The Morgan fingerprint density at radius 2 is 1.19 bits per heavy atom. The fraction of sp³-hybridized carbons (Fsp3) is 0.882. The molecule has 0 rings (SSSR count). The Labute approximate surface area is 207 Å². The molecule has 0 amide bonds. The molecule has 0 aliphatic rings. The van der Waals surface area contributed by atoms with Gasteiger partial charge in [0.1, 0.15) is 4.75 Å². The molecular formula is C17H30Na2O7S. The largest absolute Gasteiger partial charge is 1.00 e. The van der Waals surface area contributed by atoms with Crippen LogP contribution in [0.1, 0.15) is 90.4 Å². The van der Waals surface area contributed by atoms with Crippen LogP contribution in [-0.2, 0) is 19.7 Å². The van der Waals surface area contributed by atoms with Gasteiger partial charge in [-0.05, 0) is 6.42 Å². The zero-order chi connectivity index (χ0) is 19.3. The molecule has 0 heterocycles. The summed E-state index contributed by atoms with van der Waals surface area (Å²) in [6, 6.07) is 0. The number of rotatable bonds is 16. The normalized spacial score (nSPS) is 13.1. The maximum absolute atomic E-state index is 11.4. The first-order valence-electron chi connectivity index (χ1n) is 9.05. The van der Waals surface area contributed by atoms with Crippen molar-refractivity contribution in [2.75, 3.05) is 0 Å². The Hall–Kier alpha value is 0.850. The Bertz CT molecular complexity index is 511. The number of carboxylic acids is 2. The van der Waals surface area contributed by atoms with Crippen LogP contribution in [0.4, 0.5) is 0 Å². The molecule has 0 saturated heterocycles. The van der Waals surface area contributed by atoms with Crippen molar-refractivity contribution in [3.05, 3.63) is 0 Å². The molecule has 0 aliphatic carbocycles. The van der Waals surface area contributed by atoms with Crippen LogP contribution in [0.3, 0.4) is 0 Å². The fourth-order valence-corrected chi connectivity index (χ4v) is 3.81. The van der Waals surface area contributed by atoms with Crippen molar-refractivity contribution in [2.45, 2.75) is 95.1 Å². The standard InChI is InChI=1S/C17H32O7S.2Na/c1-2-3-4-5-6-7-8-9-10-11-12-13-17(16(20)21,14-15(18)19)25(22,23)24;;/h2-14H2,1H3,(H,18,19)(H,20,21)(H,22,23,24);;/q;2*+1/p-2. The van der Waals surface area contributed by atoms with Crippen LogP contribution in [0.25, 0.3) is 0 Å². The average molecular weight is 424 g/mol. The summed E-state index contributed by atoms with van der Waals surface area (Å²) in [6.07, 6.45) is 9.06. The summed E-state index contributed by atoms with van der Waals surface area (Å²) in [6.45, 7) is 2.17. The number of carbonyl (C=O) groups is 2. The molecular weight excluding hydrogens is 394 g/mol. The molecule has 0 aromatic rings. The Morgan fingerprint density at radius 3 is 1.48 bits per heavy atom. The van der Waals surface area contributed by atoms with Crippen molar-refractivity contribution in [3.63, 3.8) is 0 Å². The summed E-state index contributed by atoms with van der Waals surface area (Å²) in [5.74, 6) is -3.96. The van der Waals surface area contributed by atoms with Crippen molar-refractivity contribution in [1.82, 2.24) is 0 Å². The van der Waals surface area contributed by atoms with Crippen LogP contribution in [0.2, 0.25) is 0 Å². The third-order valence-electron chi connectivity index (χ3n) is 4.48. The van der Waals surface area contributed by atoms with E-state index in [0.29, 0.717) is 6.42 Å². The quantitative estimate of drug-likeness (QED) is 0.149. The van der Waals surface area contributed by atoms with Crippen molar-refractivity contribution in [1.29, 1.82) is 0 Å². The second kappa shape index (κ2) is 17.7. The number of hydrogen-bond acceptors (Lipinski definition) is 6. The SMILES string of the molecule is CCCCCCCCCCCCCC(CC(=O)[O-])(C(=O)[O-])S(=O)(=O)O.[Na+].[Na+]. The Morgan fingerprint density at radius 1 is 0.815 bits per heavy atom. The predicted molar refractivity (Wildman–Crippen MR) is 90.0 cm³/mol. The van der Waals surface area contributed by atoms with Crippen molar-refractivity contribution < 1.29 is 91.9 Å². The molecule has 7 nitrogen and oxygen atoms in total. The van der Waals surface area contributed by atoms with Gasteiger partial charge in [-0.3, -0.25) is 4.55 Å². The van der Waals surface area contributed by atoms with Gasteiger partial charge in [0.2, 0.25) is 0 Å². The van der Waals surface area contributed by atoms with Gasteiger partial charge in [-0.1, -0.05) is 77.6 Å². The summed E-state index contributed by atoms with van der Waals surface area (Å²) in [5, 5.41) is 21.9. The fourth-order valence-electron chi connectivity index (χ4n) is 2.90. The molecule has 0 aromatic carbocycles. The summed E-state index contributed by atoms with van der Waals surface area (Å²) in [7, 11) is -5.12. The maximum Gasteiger partial charge on any atom is 1.00 e. The van der Waals surface area contributed by atoms with Gasteiger partial charge in [-0.15, -0.1) is 0 Å². The van der Waals surface area contributed by atoms with Crippen LogP contribution in [0.15, 0.2) is 0 Å². The predicted octanol–water partition coefficient (Wildman–Crippen LogP) is -4.79. The van der Waals surface area contributed by atoms with Gasteiger partial charge in [0.15, 0.2) is 0 Å². The minimum atomic E-state index is -5.12. The molecule has 0 aromatic heterocycles. The van der Waals surface area contributed by atoms with E-state index in [1.54, 1.807) is 0 Å². The number of carbonyl (C=O) groups excluding carboxylic acids is 2. The first kappa shape index (κ1) is 32.5. The monoisotopic (exact) mass is 424 g/mol. The van der Waals surface area contributed by atoms with Crippen LogP contribution >= 0.6 is 0 Å². The van der Waals surface area contributed by atoms with Crippen LogP contribution < -0.4 is 69.3 Å². The summed E-state index contributed by atoms with van der Waals surface area (Å²) in [5.41, 5.74) is 0. The summed E-state index contributed by atoms with van der Waals surface area (Å²) in [4.78, 5) is 21.9. The van der Waals surface area contributed by atoms with E-state index in [-0.39, 0.29) is 65.5 Å². The first-order valence-corrected chi connectivity index (χ1v) is 10.5. The van der Waals surface area contributed by atoms with Crippen molar-refractivity contribution in [3.8, 4) is 0 Å². The van der Waals surface area contributed by atoms with E-state index in [2.05, 4.69) is 6.92 Å². The van der Waals surface area contributed by atoms with E-state index < -0.39 is 39.6 Å². The number of hydrogen-bond donors (Lipinski definition) is 1. The summed E-state index contributed by atoms with van der Waals surface area (Å²) >= 11 is 0. The second-order valence-corrected chi connectivity index (χ2v) is 8.32. The van der Waals surface area contributed by atoms with Gasteiger partial charge in [-0.25, -0.2) is 0 Å². The van der Waals surface area contributed by atoms with Gasteiger partial charge in [0, 0.05) is 12.4 Å². The number of carboxylic acid groups (broad SMARTS) is 2. The van der Waals surface area contributed by atoms with Gasteiger partial charge in [-0.2, -0.15) is 8.42 Å². The van der Waals surface area contributed by atoms with Crippen LogP contribution in [-0.4, -0.2) is 29.7 Å². The molecule has 1 unspecified atom stereocenters. The minimum Gasteiger partial charge on any atom is -0.550 e. The molecule has 1 atom stereocenters. The van der Waals surface area contributed by atoms with E-state index in [4.69, 9.17) is 4.55 Å². The molecule has 0 aliphatic heterocycles. The van der Waals surface area contributed by atoms with Crippen molar-refractivity contribution in [2.24, 2.45) is 0 Å². The average Bonchev–Trinajstić information content (AvgIpc) is 2.49. The van der Waals surface area contributed by atoms with Gasteiger partial charge in [0.05, 0.1) is 5.97 Å². The Balaban J connectivity index is -0.00000288. The van der Waals surface area contributed by atoms with E-state index >= 15 is 0 Å². The zero-order valence-corrected chi connectivity index (χ0v) is 21.8. The Kier molecular flexibility index (Phi) is 21.3. The third-order valence-corrected chi connectivity index (χ3v) is 5.98. The molecule has 0 radical (unpaired) electrons. The third kappa shape index (κ3) is 13.7. The minimum absolute atomic E-state index is 0. The molecule has 1 N–H and O–H groups in total. The molecule has 0 saturated carbocycles. The summed E-state index contributed by atoms with van der Waals surface area (Å²) < 4.78 is 29.1. The molecule has 148 valence electrons. The molecule has 0 spiro atoms. The van der Waals surface area contributed by atoms with Crippen molar-refractivity contribution >= 4 is 22.1 Å². The molecule has 0 fully saturated rings. The molecule has 10 heteroatoms. The van der Waals surface area contributed by atoms with E-state index in [0.717, 1.165) is 25.7 Å². The molecule has 0 bridgehead atoms. The van der Waals surface area contributed by atoms with E-state index in [1.807, 2.05) is 0 Å². The van der Waals surface area contributed by atoms with Gasteiger partial charge in [0.25, 0.3) is 10.1 Å². The topological polar surface area (TPSA) is 135 Å². The second-order valence-electron chi connectivity index (χ2n) is 6.59. The van der Waals surface area contributed by atoms with Gasteiger partial charge < -0.3 is 19.8 Å². The van der Waals surface area contributed by atoms with Crippen LogP contribution in [0, 0.1) is 0 Å². The van der Waals surface area contributed by atoms with Crippen LogP contribution in [0.5, 0.6) is 0 Å². The van der Waals surface area contributed by atoms with E-state index in [1.165, 1.54) is 32.1 Å². The first-order chi connectivity index (χ1) is 11.7.